The van der Waals surface area contributed by atoms with E-state index < -0.39 is 11.9 Å². The van der Waals surface area contributed by atoms with Gasteiger partial charge in [-0.05, 0) is 24.3 Å². The van der Waals surface area contributed by atoms with Crippen LogP contribution in [0.25, 0.3) is 10.9 Å². The molecule has 3 nitrogen and oxygen atoms in total. The summed E-state index contributed by atoms with van der Waals surface area (Å²) in [5.41, 5.74) is 0.552. The number of rotatable bonds is 2. The Morgan fingerprint density at radius 3 is 2.53 bits per heavy atom. The zero-order chi connectivity index (χ0) is 12.8. The minimum Gasteiger partial charge on any atom is -0.478 e. The van der Waals surface area contributed by atoms with Gasteiger partial charge in [-0.1, -0.05) is 0 Å². The molecule has 0 saturated heterocycles. The van der Waals surface area contributed by atoms with Gasteiger partial charge in [0.25, 0.3) is 5.92 Å². The minimum absolute atomic E-state index is 0.0917. The molecular formula is C12H11F2NO2. The molecule has 0 saturated carbocycles. The highest BCUT2D eigenvalue weighted by molar-refractivity contribution is 5.94. The lowest BCUT2D eigenvalue weighted by Crippen LogP contribution is -2.12. The first kappa shape index (κ1) is 11.6. The van der Waals surface area contributed by atoms with Crippen molar-refractivity contribution in [2.75, 3.05) is 0 Å². The van der Waals surface area contributed by atoms with Gasteiger partial charge in [-0.25, -0.2) is 13.6 Å². The highest BCUT2D eigenvalue weighted by Gasteiger charge is 2.28. The summed E-state index contributed by atoms with van der Waals surface area (Å²) in [6.45, 7) is 0.819. The molecule has 1 aromatic heterocycles. The molecule has 2 aromatic rings. The second-order valence-electron chi connectivity index (χ2n) is 4.06. The fourth-order valence-electron chi connectivity index (χ4n) is 1.90. The molecule has 0 atom stereocenters. The van der Waals surface area contributed by atoms with Crippen molar-refractivity contribution < 1.29 is 18.7 Å². The maximum atomic E-state index is 13.3. The highest BCUT2D eigenvalue weighted by atomic mass is 19.3. The topological polar surface area (TPSA) is 42.2 Å². The monoisotopic (exact) mass is 239 g/mol. The molecule has 1 aromatic carbocycles. The third kappa shape index (κ3) is 1.88. The van der Waals surface area contributed by atoms with E-state index in [1.54, 1.807) is 0 Å². The Hall–Kier alpha value is -1.91. The van der Waals surface area contributed by atoms with Gasteiger partial charge in [-0.3, -0.25) is 0 Å². The van der Waals surface area contributed by atoms with Crippen LogP contribution in [0.4, 0.5) is 8.78 Å². The Kier molecular flexibility index (Phi) is 2.41. The van der Waals surface area contributed by atoms with Crippen LogP contribution in [0.15, 0.2) is 24.3 Å². The van der Waals surface area contributed by atoms with Gasteiger partial charge in [0.2, 0.25) is 0 Å². The lowest BCUT2D eigenvalue weighted by atomic mass is 10.1. The summed E-state index contributed by atoms with van der Waals surface area (Å²) in [5, 5.41) is 9.33. The molecule has 0 bridgehead atoms. The second kappa shape index (κ2) is 3.55. The number of hydrogen-bond donors (Lipinski definition) is 1. The number of carboxylic acid groups (broad SMARTS) is 1. The summed E-state index contributed by atoms with van der Waals surface area (Å²) in [6.07, 6.45) is 0. The molecule has 0 aliphatic heterocycles. The Morgan fingerprint density at radius 2 is 2.00 bits per heavy atom. The van der Waals surface area contributed by atoms with Gasteiger partial charge in [0.15, 0.2) is 0 Å². The van der Waals surface area contributed by atoms with Gasteiger partial charge in [0.05, 0.1) is 11.3 Å². The van der Waals surface area contributed by atoms with Crippen LogP contribution >= 0.6 is 0 Å². The molecule has 1 heterocycles. The van der Waals surface area contributed by atoms with Crippen LogP contribution in [0, 0.1) is 0 Å². The fourth-order valence-corrected chi connectivity index (χ4v) is 1.90. The molecule has 0 unspecified atom stereocenters. The van der Waals surface area contributed by atoms with Crippen LogP contribution in [0.3, 0.4) is 0 Å². The summed E-state index contributed by atoms with van der Waals surface area (Å²) < 4.78 is 27.9. The maximum absolute atomic E-state index is 13.3. The van der Waals surface area contributed by atoms with Crippen molar-refractivity contribution in [3.63, 3.8) is 0 Å². The van der Waals surface area contributed by atoms with Crippen molar-refractivity contribution >= 4 is 16.9 Å². The number of alkyl halides is 2. The van der Waals surface area contributed by atoms with Crippen LogP contribution in [0.5, 0.6) is 0 Å². The van der Waals surface area contributed by atoms with Crippen molar-refractivity contribution in [3.05, 3.63) is 35.5 Å². The van der Waals surface area contributed by atoms with Crippen molar-refractivity contribution in [2.24, 2.45) is 7.05 Å². The lowest BCUT2D eigenvalue weighted by molar-refractivity contribution is 0.0103. The lowest BCUT2D eigenvalue weighted by Gasteiger charge is -2.11. The largest absolute Gasteiger partial charge is 0.478 e. The van der Waals surface area contributed by atoms with Gasteiger partial charge in [-0.2, -0.15) is 0 Å². The molecule has 1 N–H and O–H groups in total. The average Bonchev–Trinajstić information content (AvgIpc) is 2.55. The molecule has 0 amide bonds. The van der Waals surface area contributed by atoms with Gasteiger partial charge < -0.3 is 9.67 Å². The second-order valence-corrected chi connectivity index (χ2v) is 4.06. The van der Waals surface area contributed by atoms with E-state index in [2.05, 4.69) is 0 Å². The Labute approximate surface area is 96.3 Å². The summed E-state index contributed by atoms with van der Waals surface area (Å²) in [6, 6.07) is 5.66. The number of nitrogens with zero attached hydrogens (tertiary/aromatic N) is 1. The summed E-state index contributed by atoms with van der Waals surface area (Å²) in [5.74, 6) is -4.02. The molecule has 5 heteroatoms. The molecule has 0 aliphatic carbocycles. The van der Waals surface area contributed by atoms with E-state index in [1.165, 1.54) is 35.9 Å². The number of fused-ring (bicyclic) bond motifs is 1. The number of hydrogen-bond acceptors (Lipinski definition) is 1. The van der Waals surface area contributed by atoms with Crippen LogP contribution in [0.1, 0.15) is 23.0 Å². The van der Waals surface area contributed by atoms with E-state index in [0.717, 1.165) is 6.92 Å². The van der Waals surface area contributed by atoms with Gasteiger partial charge in [0, 0.05) is 24.9 Å². The fraction of sp³-hybridized carbons (Fsp3) is 0.250. The number of halogens is 2. The SMILES string of the molecule is Cn1c(C(C)(F)F)cc2cc(C(=O)O)ccc21. The normalized spacial score (nSPS) is 12.0. The van der Waals surface area contributed by atoms with Crippen molar-refractivity contribution in [3.8, 4) is 0 Å². The number of benzene rings is 1. The predicted molar refractivity (Wildman–Crippen MR) is 59.4 cm³/mol. The third-order valence-corrected chi connectivity index (χ3v) is 2.74. The number of aromatic carboxylic acids is 1. The van der Waals surface area contributed by atoms with Crippen LogP contribution in [-0.4, -0.2) is 15.6 Å². The van der Waals surface area contributed by atoms with E-state index in [1.807, 2.05) is 0 Å². The number of carbonyl (C=O) groups is 1. The van der Waals surface area contributed by atoms with E-state index in [4.69, 9.17) is 5.11 Å². The van der Waals surface area contributed by atoms with Crippen molar-refractivity contribution in [1.82, 2.24) is 4.57 Å². The van der Waals surface area contributed by atoms with Crippen molar-refractivity contribution in [1.29, 1.82) is 0 Å². The molecule has 0 aliphatic rings. The predicted octanol–water partition coefficient (Wildman–Crippen LogP) is 2.99. The Bertz CT molecular complexity index is 596. The number of aromatic nitrogens is 1. The molecule has 17 heavy (non-hydrogen) atoms. The van der Waals surface area contributed by atoms with Crippen molar-refractivity contribution in [2.45, 2.75) is 12.8 Å². The third-order valence-electron chi connectivity index (χ3n) is 2.74. The first-order valence-corrected chi connectivity index (χ1v) is 5.02. The van der Waals surface area contributed by atoms with Gasteiger partial charge in [0.1, 0.15) is 0 Å². The molecule has 0 spiro atoms. The zero-order valence-electron chi connectivity index (χ0n) is 9.37. The number of aryl methyl sites for hydroxylation is 1. The molecule has 0 radical (unpaired) electrons. The summed E-state index contributed by atoms with van der Waals surface area (Å²) >= 11 is 0. The average molecular weight is 239 g/mol. The Balaban J connectivity index is 2.70. The van der Waals surface area contributed by atoms with Gasteiger partial charge >= 0.3 is 5.97 Å². The van der Waals surface area contributed by atoms with Gasteiger partial charge in [-0.15, -0.1) is 0 Å². The quantitative estimate of drug-likeness (QED) is 0.875. The first-order chi connectivity index (χ1) is 7.80. The zero-order valence-corrected chi connectivity index (χ0v) is 9.37. The molecular weight excluding hydrogens is 228 g/mol. The van der Waals surface area contributed by atoms with E-state index in [9.17, 15) is 13.6 Å². The maximum Gasteiger partial charge on any atom is 0.335 e. The van der Waals surface area contributed by atoms with E-state index in [-0.39, 0.29) is 11.3 Å². The molecule has 90 valence electrons. The van der Waals surface area contributed by atoms with E-state index in [0.29, 0.717) is 10.9 Å². The Morgan fingerprint density at radius 1 is 1.35 bits per heavy atom. The minimum atomic E-state index is -2.95. The first-order valence-electron chi connectivity index (χ1n) is 5.02. The molecule has 0 fully saturated rings. The van der Waals surface area contributed by atoms with E-state index >= 15 is 0 Å². The molecule has 2 rings (SSSR count). The van der Waals surface area contributed by atoms with Crippen LogP contribution in [0.2, 0.25) is 0 Å². The van der Waals surface area contributed by atoms with Crippen LogP contribution in [-0.2, 0) is 13.0 Å². The number of carboxylic acids is 1. The smallest absolute Gasteiger partial charge is 0.335 e. The standard InChI is InChI=1S/C12H11F2NO2/c1-12(13,14)10-6-8-5-7(11(16)17)3-4-9(8)15(10)2/h3-6H,1-2H3,(H,16,17). The summed E-state index contributed by atoms with van der Waals surface area (Å²) in [4.78, 5) is 10.8. The van der Waals surface area contributed by atoms with Crippen LogP contribution < -0.4 is 0 Å². The highest BCUT2D eigenvalue weighted by Crippen LogP contribution is 2.31. The summed E-state index contributed by atoms with van der Waals surface area (Å²) in [7, 11) is 1.54.